The number of piperidine rings is 1. The van der Waals surface area contributed by atoms with Gasteiger partial charge in [0.1, 0.15) is 5.82 Å². The average Bonchev–Trinajstić information content (AvgIpc) is 2.67. The molecule has 2 aromatic carbocycles. The van der Waals surface area contributed by atoms with Crippen molar-refractivity contribution in [2.45, 2.75) is 52.6 Å². The molecule has 0 radical (unpaired) electrons. The molecule has 0 bridgehead atoms. The van der Waals surface area contributed by atoms with Crippen LogP contribution in [0.5, 0.6) is 0 Å². The van der Waals surface area contributed by atoms with Crippen LogP contribution in [-0.4, -0.2) is 35.3 Å². The molecule has 1 fully saturated rings. The Kier molecular flexibility index (Phi) is 7.11. The molecule has 1 aliphatic rings. The van der Waals surface area contributed by atoms with E-state index >= 15 is 0 Å². The summed E-state index contributed by atoms with van der Waals surface area (Å²) in [6.07, 6.45) is 1.70. The van der Waals surface area contributed by atoms with Gasteiger partial charge in [-0.25, -0.2) is 4.39 Å². The second kappa shape index (κ2) is 9.60. The van der Waals surface area contributed by atoms with E-state index in [9.17, 15) is 14.0 Å². The average molecular weight is 426 g/mol. The van der Waals surface area contributed by atoms with E-state index in [2.05, 4.69) is 21.6 Å². The van der Waals surface area contributed by atoms with Crippen LogP contribution in [0.3, 0.4) is 0 Å². The van der Waals surface area contributed by atoms with Gasteiger partial charge in [-0.3, -0.25) is 14.5 Å². The number of likely N-dealkylation sites (tertiary alicyclic amines) is 1. The van der Waals surface area contributed by atoms with Crippen molar-refractivity contribution in [3.05, 3.63) is 65.0 Å². The van der Waals surface area contributed by atoms with Crippen LogP contribution in [0.15, 0.2) is 42.5 Å². The van der Waals surface area contributed by atoms with Crippen LogP contribution in [0.25, 0.3) is 0 Å². The molecule has 3 rings (SSSR count). The summed E-state index contributed by atoms with van der Waals surface area (Å²) < 4.78 is 13.1. The van der Waals surface area contributed by atoms with Gasteiger partial charge in [0.25, 0.3) is 5.91 Å². The Labute approximate surface area is 184 Å². The summed E-state index contributed by atoms with van der Waals surface area (Å²) in [5.74, 6) is -0.414. The summed E-state index contributed by atoms with van der Waals surface area (Å²) >= 11 is 0. The van der Waals surface area contributed by atoms with Crippen molar-refractivity contribution >= 4 is 17.5 Å². The molecule has 6 heteroatoms. The quantitative estimate of drug-likeness (QED) is 0.741. The van der Waals surface area contributed by atoms with E-state index in [4.69, 9.17) is 0 Å². The molecule has 5 nitrogen and oxygen atoms in total. The first kappa shape index (κ1) is 22.9. The van der Waals surface area contributed by atoms with Gasteiger partial charge < -0.3 is 10.6 Å². The number of hydrogen-bond donors (Lipinski definition) is 2. The number of carbonyl (C=O) groups excluding carboxylic acids is 2. The molecule has 2 amide bonds. The third-order valence-electron chi connectivity index (χ3n) is 5.36. The van der Waals surface area contributed by atoms with Crippen molar-refractivity contribution in [3.8, 4) is 0 Å². The number of amides is 2. The lowest BCUT2D eigenvalue weighted by atomic mass is 9.94. The lowest BCUT2D eigenvalue weighted by Gasteiger charge is -2.33. The highest BCUT2D eigenvalue weighted by atomic mass is 19.1. The summed E-state index contributed by atoms with van der Waals surface area (Å²) in [5.41, 5.74) is 3.12. The Balaban J connectivity index is 1.58. The zero-order valence-electron chi connectivity index (χ0n) is 18.8. The Bertz CT molecular complexity index is 927. The zero-order chi connectivity index (χ0) is 22.6. The zero-order valence-corrected chi connectivity index (χ0v) is 18.8. The van der Waals surface area contributed by atoms with Crippen LogP contribution in [0.4, 0.5) is 10.1 Å². The Morgan fingerprint density at radius 3 is 2.32 bits per heavy atom. The molecule has 1 saturated heterocycles. The first-order chi connectivity index (χ1) is 14.6. The van der Waals surface area contributed by atoms with Crippen LogP contribution in [0, 0.1) is 18.7 Å². The topological polar surface area (TPSA) is 61.4 Å². The van der Waals surface area contributed by atoms with Gasteiger partial charge in [-0.05, 0) is 101 Å². The molecule has 0 saturated carbocycles. The molecule has 2 aromatic rings. The van der Waals surface area contributed by atoms with E-state index in [0.29, 0.717) is 5.56 Å². The number of aryl methyl sites for hydroxylation is 1. The molecular formula is C25H32FN3O2. The Morgan fingerprint density at radius 1 is 1.06 bits per heavy atom. The van der Waals surface area contributed by atoms with Gasteiger partial charge in [0.05, 0.1) is 0 Å². The highest BCUT2D eigenvalue weighted by Crippen LogP contribution is 2.22. The lowest BCUT2D eigenvalue weighted by Crippen LogP contribution is -2.46. The second-order valence-corrected chi connectivity index (χ2v) is 9.46. The third-order valence-corrected chi connectivity index (χ3v) is 5.36. The SMILES string of the molecule is Cc1cc(CN2CCC(C(=O)NC(C)(C)C)CC2)cc(NC(=O)c2ccc(F)cc2)c1. The van der Waals surface area contributed by atoms with Crippen LogP contribution in [0.2, 0.25) is 0 Å². The van der Waals surface area contributed by atoms with Gasteiger partial charge in [-0.2, -0.15) is 0 Å². The summed E-state index contributed by atoms with van der Waals surface area (Å²) in [5, 5.41) is 5.99. The van der Waals surface area contributed by atoms with Crippen molar-refractivity contribution in [1.82, 2.24) is 10.2 Å². The number of carbonyl (C=O) groups is 2. The van der Waals surface area contributed by atoms with Crippen LogP contribution in [0.1, 0.15) is 55.1 Å². The summed E-state index contributed by atoms with van der Waals surface area (Å²) in [6, 6.07) is 11.5. The summed E-state index contributed by atoms with van der Waals surface area (Å²) in [4.78, 5) is 27.2. The molecular weight excluding hydrogens is 393 g/mol. The first-order valence-electron chi connectivity index (χ1n) is 10.8. The van der Waals surface area contributed by atoms with E-state index < -0.39 is 0 Å². The van der Waals surface area contributed by atoms with Gasteiger partial charge in [-0.1, -0.05) is 6.07 Å². The third kappa shape index (κ3) is 6.89. The van der Waals surface area contributed by atoms with Crippen LogP contribution in [-0.2, 0) is 11.3 Å². The van der Waals surface area contributed by atoms with E-state index in [1.807, 2.05) is 39.8 Å². The fraction of sp³-hybridized carbons (Fsp3) is 0.440. The predicted molar refractivity (Wildman–Crippen MR) is 121 cm³/mol. The number of hydrogen-bond acceptors (Lipinski definition) is 3. The van der Waals surface area contributed by atoms with E-state index in [1.165, 1.54) is 24.3 Å². The minimum Gasteiger partial charge on any atom is -0.351 e. The maximum Gasteiger partial charge on any atom is 0.255 e. The fourth-order valence-electron chi connectivity index (χ4n) is 3.91. The number of halogens is 1. The Morgan fingerprint density at radius 2 is 1.71 bits per heavy atom. The van der Waals surface area contributed by atoms with Gasteiger partial charge in [0.2, 0.25) is 5.91 Å². The molecule has 2 N–H and O–H groups in total. The maximum atomic E-state index is 13.1. The number of nitrogens with zero attached hydrogens (tertiary/aromatic N) is 1. The van der Waals surface area contributed by atoms with Crippen molar-refractivity contribution in [3.63, 3.8) is 0 Å². The molecule has 0 unspecified atom stereocenters. The van der Waals surface area contributed by atoms with Gasteiger partial charge in [0.15, 0.2) is 0 Å². The largest absolute Gasteiger partial charge is 0.351 e. The lowest BCUT2D eigenvalue weighted by molar-refractivity contribution is -0.127. The number of anilines is 1. The monoisotopic (exact) mass is 425 g/mol. The van der Waals surface area contributed by atoms with Crippen molar-refractivity contribution in [2.24, 2.45) is 5.92 Å². The molecule has 0 atom stereocenters. The standard InChI is InChI=1S/C25H32FN3O2/c1-17-13-18(15-22(14-17)27-23(30)19-5-7-21(26)8-6-19)16-29-11-9-20(10-12-29)24(31)28-25(2,3)4/h5-8,13-15,20H,9-12,16H2,1-4H3,(H,27,30)(H,28,31). The smallest absolute Gasteiger partial charge is 0.255 e. The second-order valence-electron chi connectivity index (χ2n) is 9.46. The minimum absolute atomic E-state index is 0.0681. The molecule has 1 aliphatic heterocycles. The van der Waals surface area contributed by atoms with Crippen molar-refractivity contribution in [1.29, 1.82) is 0 Å². The predicted octanol–water partition coefficient (Wildman–Crippen LogP) is 4.51. The molecule has 0 spiro atoms. The minimum atomic E-state index is -0.367. The number of rotatable bonds is 5. The van der Waals surface area contributed by atoms with E-state index in [-0.39, 0.29) is 29.1 Å². The molecule has 166 valence electrons. The van der Waals surface area contributed by atoms with Gasteiger partial charge in [0, 0.05) is 29.3 Å². The fourth-order valence-corrected chi connectivity index (χ4v) is 3.91. The highest BCUT2D eigenvalue weighted by molar-refractivity contribution is 6.04. The molecule has 1 heterocycles. The summed E-state index contributed by atoms with van der Waals surface area (Å²) in [7, 11) is 0. The Hall–Kier alpha value is -2.73. The summed E-state index contributed by atoms with van der Waals surface area (Å²) in [6.45, 7) is 10.5. The normalized spacial score (nSPS) is 15.5. The van der Waals surface area contributed by atoms with Crippen molar-refractivity contribution in [2.75, 3.05) is 18.4 Å². The van der Waals surface area contributed by atoms with E-state index in [1.54, 1.807) is 0 Å². The first-order valence-corrected chi connectivity index (χ1v) is 10.8. The molecule has 0 aliphatic carbocycles. The number of benzene rings is 2. The highest BCUT2D eigenvalue weighted by Gasteiger charge is 2.27. The van der Waals surface area contributed by atoms with E-state index in [0.717, 1.165) is 49.3 Å². The van der Waals surface area contributed by atoms with Gasteiger partial charge in [-0.15, -0.1) is 0 Å². The van der Waals surface area contributed by atoms with Crippen molar-refractivity contribution < 1.29 is 14.0 Å². The van der Waals surface area contributed by atoms with Gasteiger partial charge >= 0.3 is 0 Å². The molecule has 0 aromatic heterocycles. The maximum absolute atomic E-state index is 13.1. The molecule has 31 heavy (non-hydrogen) atoms. The van der Waals surface area contributed by atoms with Crippen LogP contribution >= 0.6 is 0 Å². The number of nitrogens with one attached hydrogen (secondary N) is 2. The van der Waals surface area contributed by atoms with Crippen LogP contribution < -0.4 is 10.6 Å².